The van der Waals surface area contributed by atoms with Crippen molar-refractivity contribution in [2.75, 3.05) is 0 Å². The summed E-state index contributed by atoms with van der Waals surface area (Å²) in [6, 6.07) is 60.3. The quantitative estimate of drug-likeness (QED) is 0.177. The summed E-state index contributed by atoms with van der Waals surface area (Å²) >= 11 is 0. The smallest absolute Gasteiger partial charge is 0.0541 e. The molecule has 7 aromatic carbocycles. The van der Waals surface area contributed by atoms with Crippen molar-refractivity contribution < 1.29 is 0 Å². The number of benzene rings is 7. The molecule has 2 heterocycles. The Hall–Kier alpha value is -6.12. The van der Waals surface area contributed by atoms with Gasteiger partial charge < -0.3 is 9.13 Å². The molecule has 1 aliphatic rings. The number of para-hydroxylation sites is 2. The zero-order valence-corrected chi connectivity index (χ0v) is 27.9. The van der Waals surface area contributed by atoms with E-state index in [4.69, 9.17) is 0 Å². The van der Waals surface area contributed by atoms with E-state index in [9.17, 15) is 0 Å². The summed E-state index contributed by atoms with van der Waals surface area (Å²) in [5.74, 6) is 0. The van der Waals surface area contributed by atoms with Crippen molar-refractivity contribution in [1.82, 2.24) is 9.13 Å². The van der Waals surface area contributed by atoms with Gasteiger partial charge in [0.1, 0.15) is 0 Å². The van der Waals surface area contributed by atoms with Crippen molar-refractivity contribution in [3.63, 3.8) is 0 Å². The molecule has 0 spiro atoms. The largest absolute Gasteiger partial charge is 0.309 e. The minimum atomic E-state index is 1.17. The molecule has 238 valence electrons. The van der Waals surface area contributed by atoms with Crippen LogP contribution in [-0.4, -0.2) is 9.13 Å². The van der Waals surface area contributed by atoms with Crippen molar-refractivity contribution in [2.24, 2.45) is 0 Å². The third kappa shape index (κ3) is 4.71. The standard InChI is InChI=1S/C48H36N2/c1-3-12-33(13-4-1)35-22-26-39(27-23-35)49-45-20-9-7-18-41(45)43-31-37(24-28-47(43)49)38-25-29-48-44(32-38)42-19-8-10-21-46(42)50(48)40-17-11-16-36(30-40)34-14-5-2-6-15-34/h2,5-12,14-32H,1,3-4,13H2. The molecular formula is C48H36N2. The van der Waals surface area contributed by atoms with Gasteiger partial charge in [-0.05, 0) is 120 Å². The summed E-state index contributed by atoms with van der Waals surface area (Å²) in [5.41, 5.74) is 15.0. The Balaban J connectivity index is 1.09. The first-order valence-electron chi connectivity index (χ1n) is 17.8. The normalized spacial score (nSPS) is 13.4. The fourth-order valence-corrected chi connectivity index (χ4v) is 8.24. The Morgan fingerprint density at radius 3 is 1.52 bits per heavy atom. The fraction of sp³-hybridized carbons (Fsp3) is 0.0833. The monoisotopic (exact) mass is 640 g/mol. The van der Waals surface area contributed by atoms with Crippen molar-refractivity contribution in [2.45, 2.75) is 25.7 Å². The molecule has 1 aliphatic carbocycles. The van der Waals surface area contributed by atoms with Crippen molar-refractivity contribution >= 4 is 49.2 Å². The van der Waals surface area contributed by atoms with Crippen LogP contribution in [0.25, 0.3) is 82.8 Å². The minimum Gasteiger partial charge on any atom is -0.309 e. The lowest BCUT2D eigenvalue weighted by molar-refractivity contribution is 0.742. The molecule has 0 aliphatic heterocycles. The highest BCUT2D eigenvalue weighted by molar-refractivity contribution is 6.12. The lowest BCUT2D eigenvalue weighted by atomic mass is 9.94. The third-order valence-electron chi connectivity index (χ3n) is 10.7. The van der Waals surface area contributed by atoms with Crippen LogP contribution in [0, 0.1) is 0 Å². The van der Waals surface area contributed by atoms with E-state index in [1.54, 1.807) is 0 Å². The second kappa shape index (κ2) is 11.8. The Morgan fingerprint density at radius 2 is 0.880 bits per heavy atom. The molecule has 9 aromatic rings. The molecule has 0 atom stereocenters. The Morgan fingerprint density at radius 1 is 0.340 bits per heavy atom. The van der Waals surface area contributed by atoms with Crippen LogP contribution in [0.2, 0.25) is 0 Å². The first-order valence-corrected chi connectivity index (χ1v) is 17.8. The van der Waals surface area contributed by atoms with Gasteiger partial charge in [-0.1, -0.05) is 109 Å². The molecule has 0 fully saturated rings. The van der Waals surface area contributed by atoms with E-state index in [1.165, 1.54) is 114 Å². The Bertz CT molecular complexity index is 2740. The average Bonchev–Trinajstić information content (AvgIpc) is 3.71. The molecule has 0 saturated heterocycles. The summed E-state index contributed by atoms with van der Waals surface area (Å²) in [6.45, 7) is 0. The van der Waals surface area contributed by atoms with Gasteiger partial charge in [0.05, 0.1) is 22.1 Å². The molecular weight excluding hydrogens is 605 g/mol. The van der Waals surface area contributed by atoms with E-state index in [0.29, 0.717) is 0 Å². The summed E-state index contributed by atoms with van der Waals surface area (Å²) in [5, 5.41) is 5.08. The molecule has 0 radical (unpaired) electrons. The molecule has 2 nitrogen and oxygen atoms in total. The number of aromatic nitrogens is 2. The lowest BCUT2D eigenvalue weighted by Gasteiger charge is -2.14. The van der Waals surface area contributed by atoms with Crippen LogP contribution in [0.4, 0.5) is 0 Å². The molecule has 0 saturated carbocycles. The number of nitrogens with zero attached hydrogens (tertiary/aromatic N) is 2. The number of hydrogen-bond acceptors (Lipinski definition) is 0. The van der Waals surface area contributed by atoms with E-state index in [2.05, 4.69) is 179 Å². The summed E-state index contributed by atoms with van der Waals surface area (Å²) < 4.78 is 4.83. The highest BCUT2D eigenvalue weighted by Gasteiger charge is 2.17. The number of allylic oxidation sites excluding steroid dienone is 2. The highest BCUT2D eigenvalue weighted by Crippen LogP contribution is 2.39. The van der Waals surface area contributed by atoms with E-state index < -0.39 is 0 Å². The maximum atomic E-state index is 2.43. The van der Waals surface area contributed by atoms with Crippen LogP contribution in [0.15, 0.2) is 170 Å². The maximum absolute atomic E-state index is 2.43. The van der Waals surface area contributed by atoms with Crippen LogP contribution in [0.5, 0.6) is 0 Å². The molecule has 50 heavy (non-hydrogen) atoms. The van der Waals surface area contributed by atoms with E-state index in [0.717, 1.165) is 0 Å². The first kappa shape index (κ1) is 28.9. The molecule has 0 N–H and O–H groups in total. The molecule has 0 amide bonds. The second-order valence-corrected chi connectivity index (χ2v) is 13.6. The van der Waals surface area contributed by atoms with Crippen LogP contribution in [0.3, 0.4) is 0 Å². The summed E-state index contributed by atoms with van der Waals surface area (Å²) in [6.07, 6.45) is 7.42. The predicted molar refractivity (Wildman–Crippen MR) is 212 cm³/mol. The summed E-state index contributed by atoms with van der Waals surface area (Å²) in [7, 11) is 0. The minimum absolute atomic E-state index is 1.17. The van der Waals surface area contributed by atoms with Crippen molar-refractivity contribution in [3.8, 4) is 33.6 Å². The highest BCUT2D eigenvalue weighted by atomic mass is 15.0. The van der Waals surface area contributed by atoms with E-state index >= 15 is 0 Å². The first-order chi connectivity index (χ1) is 24.8. The molecule has 2 heteroatoms. The van der Waals surface area contributed by atoms with Gasteiger partial charge in [0.2, 0.25) is 0 Å². The van der Waals surface area contributed by atoms with Crippen LogP contribution in [-0.2, 0) is 0 Å². The van der Waals surface area contributed by atoms with Crippen LogP contribution < -0.4 is 0 Å². The van der Waals surface area contributed by atoms with Gasteiger partial charge in [0.15, 0.2) is 0 Å². The molecule has 2 aromatic heterocycles. The zero-order chi connectivity index (χ0) is 33.0. The Kier molecular flexibility index (Phi) is 6.80. The molecule has 0 unspecified atom stereocenters. The van der Waals surface area contributed by atoms with Gasteiger partial charge in [0.25, 0.3) is 0 Å². The van der Waals surface area contributed by atoms with Gasteiger partial charge in [0, 0.05) is 32.9 Å². The lowest BCUT2D eigenvalue weighted by Crippen LogP contribution is -1.96. The van der Waals surface area contributed by atoms with E-state index in [-0.39, 0.29) is 0 Å². The predicted octanol–water partition coefficient (Wildman–Crippen LogP) is 13.2. The van der Waals surface area contributed by atoms with E-state index in [1.807, 2.05) is 0 Å². The number of fused-ring (bicyclic) bond motifs is 6. The van der Waals surface area contributed by atoms with Crippen LogP contribution >= 0.6 is 0 Å². The Labute approximate surface area is 292 Å². The second-order valence-electron chi connectivity index (χ2n) is 13.6. The van der Waals surface area contributed by atoms with Gasteiger partial charge in [-0.15, -0.1) is 0 Å². The number of hydrogen-bond donors (Lipinski definition) is 0. The van der Waals surface area contributed by atoms with Gasteiger partial charge in [-0.25, -0.2) is 0 Å². The fourth-order valence-electron chi connectivity index (χ4n) is 8.24. The average molecular weight is 641 g/mol. The summed E-state index contributed by atoms with van der Waals surface area (Å²) in [4.78, 5) is 0. The molecule has 0 bridgehead atoms. The van der Waals surface area contributed by atoms with Crippen molar-refractivity contribution in [1.29, 1.82) is 0 Å². The van der Waals surface area contributed by atoms with Gasteiger partial charge in [-0.3, -0.25) is 0 Å². The van der Waals surface area contributed by atoms with Crippen LogP contribution in [0.1, 0.15) is 31.2 Å². The number of rotatable bonds is 5. The topological polar surface area (TPSA) is 9.86 Å². The molecule has 10 rings (SSSR count). The van der Waals surface area contributed by atoms with Gasteiger partial charge in [-0.2, -0.15) is 0 Å². The van der Waals surface area contributed by atoms with Crippen molar-refractivity contribution in [3.05, 3.63) is 175 Å². The third-order valence-corrected chi connectivity index (χ3v) is 10.7. The van der Waals surface area contributed by atoms with Gasteiger partial charge >= 0.3 is 0 Å². The zero-order valence-electron chi connectivity index (χ0n) is 27.9. The SMILES string of the molecule is C1=C(c2ccc(-n3c4ccccc4c4cc(-c5ccc6c(c5)c5ccccc5n6-c5cccc(-c6ccccc6)c5)ccc43)cc2)CCCC1. The maximum Gasteiger partial charge on any atom is 0.0541 e.